The average molecular weight is 503 g/mol. The summed E-state index contributed by atoms with van der Waals surface area (Å²) in [4.78, 5) is 19.1. The second kappa shape index (κ2) is 11.2. The minimum absolute atomic E-state index is 0.412. The molecule has 2 fully saturated rings. The number of nitrogens with one attached hydrogen (secondary N) is 1. The lowest BCUT2D eigenvalue weighted by atomic mass is 10.0. The van der Waals surface area contributed by atoms with Crippen LogP contribution in [0.2, 0.25) is 0 Å². The van der Waals surface area contributed by atoms with Crippen LogP contribution in [-0.4, -0.2) is 72.3 Å². The van der Waals surface area contributed by atoms with Crippen LogP contribution in [0.4, 0.5) is 11.4 Å². The summed E-state index contributed by atoms with van der Waals surface area (Å²) < 4.78 is 11.8. The van der Waals surface area contributed by atoms with Crippen LogP contribution in [0.5, 0.6) is 5.88 Å². The van der Waals surface area contributed by atoms with Gasteiger partial charge in [0.25, 0.3) is 0 Å². The third-order valence-corrected chi connectivity index (χ3v) is 8.10. The number of hydrogen-bond acceptors (Lipinski definition) is 8. The van der Waals surface area contributed by atoms with E-state index >= 15 is 0 Å². The molecule has 0 amide bonds. The number of rotatable bonds is 9. The summed E-state index contributed by atoms with van der Waals surface area (Å²) in [5.41, 5.74) is 7.82. The quantitative estimate of drug-likeness (QED) is 0.436. The predicted molar refractivity (Wildman–Crippen MR) is 147 cm³/mol. The van der Waals surface area contributed by atoms with Crippen LogP contribution >= 0.6 is 0 Å². The number of hydrogen-bond donors (Lipinski definition) is 1. The number of aromatic nitrogens is 3. The van der Waals surface area contributed by atoms with Crippen LogP contribution in [0.15, 0.2) is 30.6 Å². The van der Waals surface area contributed by atoms with Crippen LogP contribution in [-0.2, 0) is 24.2 Å². The van der Waals surface area contributed by atoms with E-state index in [0.29, 0.717) is 18.5 Å². The summed E-state index contributed by atoms with van der Waals surface area (Å²) >= 11 is 0. The molecule has 0 saturated carbocycles. The molecule has 0 spiro atoms. The molecule has 0 aromatic carbocycles. The van der Waals surface area contributed by atoms with E-state index in [1.807, 2.05) is 12.4 Å². The van der Waals surface area contributed by atoms with E-state index in [4.69, 9.17) is 19.4 Å². The highest BCUT2D eigenvalue weighted by Crippen LogP contribution is 2.36. The van der Waals surface area contributed by atoms with Crippen LogP contribution in [0, 0.1) is 0 Å². The van der Waals surface area contributed by atoms with Gasteiger partial charge in [-0.3, -0.25) is 9.97 Å². The van der Waals surface area contributed by atoms with Gasteiger partial charge in [-0.15, -0.1) is 0 Å². The third kappa shape index (κ3) is 5.36. The number of ether oxygens (including phenoxy) is 2. The normalized spacial score (nSPS) is 18.5. The number of fused-ring (bicyclic) bond motifs is 2. The van der Waals surface area contributed by atoms with E-state index in [2.05, 4.69) is 38.3 Å². The van der Waals surface area contributed by atoms with Crippen molar-refractivity contribution >= 4 is 22.4 Å². The fourth-order valence-corrected chi connectivity index (χ4v) is 6.06. The highest BCUT2D eigenvalue weighted by Gasteiger charge is 2.26. The molecule has 1 aliphatic carbocycles. The van der Waals surface area contributed by atoms with Gasteiger partial charge in [0, 0.05) is 55.0 Å². The van der Waals surface area contributed by atoms with Crippen LogP contribution in [0.25, 0.3) is 11.0 Å². The smallest absolute Gasteiger partial charge is 0.219 e. The molecule has 0 unspecified atom stereocenters. The molecule has 8 heteroatoms. The van der Waals surface area contributed by atoms with Gasteiger partial charge >= 0.3 is 0 Å². The Hall–Kier alpha value is -2.97. The highest BCUT2D eigenvalue weighted by atomic mass is 16.5. The van der Waals surface area contributed by atoms with Gasteiger partial charge in [-0.2, -0.15) is 0 Å². The second-order valence-electron chi connectivity index (χ2n) is 10.5. The van der Waals surface area contributed by atoms with Crippen molar-refractivity contribution in [1.29, 1.82) is 0 Å². The molecule has 3 aliphatic rings. The second-order valence-corrected chi connectivity index (χ2v) is 10.5. The molecule has 3 aromatic heterocycles. The number of likely N-dealkylation sites (tertiary alicyclic amines) is 1. The van der Waals surface area contributed by atoms with Crippen molar-refractivity contribution in [2.75, 3.05) is 56.7 Å². The average Bonchev–Trinajstić information content (AvgIpc) is 3.64. The number of aryl methyl sites for hydroxylation is 1. The summed E-state index contributed by atoms with van der Waals surface area (Å²) in [6.07, 6.45) is 11.8. The molecule has 0 radical (unpaired) electrons. The Balaban J connectivity index is 1.19. The largest absolute Gasteiger partial charge is 0.481 e. The number of piperidine rings is 1. The number of pyridine rings is 3. The first-order valence-corrected chi connectivity index (χ1v) is 13.9. The van der Waals surface area contributed by atoms with Crippen LogP contribution in [0.3, 0.4) is 0 Å². The number of methoxy groups -OCH3 is 1. The molecule has 0 bridgehead atoms. The molecule has 6 rings (SSSR count). The van der Waals surface area contributed by atoms with Gasteiger partial charge < -0.3 is 24.6 Å². The van der Waals surface area contributed by atoms with Crippen LogP contribution in [0.1, 0.15) is 48.9 Å². The maximum atomic E-state index is 6.05. The SMILES string of the molecule is COc1nc2c(NC3CCN(c4ccncc4)CC3)c3c(nc2cc1COCCN1CCCC1)CCC3. The van der Waals surface area contributed by atoms with Crippen molar-refractivity contribution in [2.45, 2.75) is 57.6 Å². The van der Waals surface area contributed by atoms with Crippen molar-refractivity contribution in [3.8, 4) is 5.88 Å². The monoisotopic (exact) mass is 502 g/mol. The topological polar surface area (TPSA) is 75.6 Å². The third-order valence-electron chi connectivity index (χ3n) is 8.10. The number of anilines is 2. The van der Waals surface area contributed by atoms with E-state index in [-0.39, 0.29) is 0 Å². The molecule has 3 aromatic rings. The lowest BCUT2D eigenvalue weighted by Crippen LogP contribution is -2.39. The summed E-state index contributed by atoms with van der Waals surface area (Å²) in [6.45, 7) is 6.66. The van der Waals surface area contributed by atoms with E-state index in [1.54, 1.807) is 7.11 Å². The summed E-state index contributed by atoms with van der Waals surface area (Å²) in [5, 5.41) is 3.92. The van der Waals surface area contributed by atoms with Crippen molar-refractivity contribution in [1.82, 2.24) is 19.9 Å². The molecule has 37 heavy (non-hydrogen) atoms. The molecule has 8 nitrogen and oxygen atoms in total. The van der Waals surface area contributed by atoms with E-state index in [1.165, 1.54) is 48.6 Å². The molecule has 2 saturated heterocycles. The summed E-state index contributed by atoms with van der Waals surface area (Å²) in [7, 11) is 1.70. The lowest BCUT2D eigenvalue weighted by Gasteiger charge is -2.34. The van der Waals surface area contributed by atoms with Gasteiger partial charge in [0.1, 0.15) is 5.52 Å². The molecule has 2 aliphatic heterocycles. The molecular formula is C29H38N6O2. The van der Waals surface area contributed by atoms with Crippen molar-refractivity contribution in [2.24, 2.45) is 0 Å². The predicted octanol–water partition coefficient (Wildman–Crippen LogP) is 4.22. The zero-order valence-electron chi connectivity index (χ0n) is 21.9. The van der Waals surface area contributed by atoms with Gasteiger partial charge in [-0.05, 0) is 81.8 Å². The van der Waals surface area contributed by atoms with Gasteiger partial charge in [0.05, 0.1) is 31.5 Å². The first-order chi connectivity index (χ1) is 18.3. The number of nitrogens with zero attached hydrogens (tertiary/aromatic N) is 5. The Labute approximate surface area is 219 Å². The zero-order valence-corrected chi connectivity index (χ0v) is 21.9. The minimum Gasteiger partial charge on any atom is -0.481 e. The van der Waals surface area contributed by atoms with Gasteiger partial charge in [0.15, 0.2) is 0 Å². The zero-order chi connectivity index (χ0) is 25.0. The fourth-order valence-electron chi connectivity index (χ4n) is 6.06. The Morgan fingerprint density at radius 3 is 2.59 bits per heavy atom. The van der Waals surface area contributed by atoms with E-state index < -0.39 is 0 Å². The van der Waals surface area contributed by atoms with Gasteiger partial charge in [-0.25, -0.2) is 4.98 Å². The Morgan fingerprint density at radius 2 is 1.81 bits per heavy atom. The fraction of sp³-hybridized carbons (Fsp3) is 0.552. The van der Waals surface area contributed by atoms with E-state index in [0.717, 1.165) is 74.9 Å². The van der Waals surface area contributed by atoms with Crippen molar-refractivity contribution in [3.05, 3.63) is 47.4 Å². The van der Waals surface area contributed by atoms with Crippen molar-refractivity contribution in [3.63, 3.8) is 0 Å². The summed E-state index contributed by atoms with van der Waals surface area (Å²) in [6, 6.07) is 6.74. The maximum absolute atomic E-state index is 6.05. The van der Waals surface area contributed by atoms with Gasteiger partial charge in [-0.1, -0.05) is 0 Å². The van der Waals surface area contributed by atoms with Gasteiger partial charge in [0.2, 0.25) is 5.88 Å². The standard InChI is InChI=1S/C29H38N6O2/c1-36-29-21(20-37-18-17-34-13-2-3-14-34)19-26-28(33-29)27(24-5-4-6-25(24)32-26)31-22-9-15-35(16-10-22)23-7-11-30-12-8-23/h7-8,11-12,19,22H,2-6,9-10,13-18,20H2,1H3,(H,31,32). The molecule has 5 heterocycles. The van der Waals surface area contributed by atoms with Crippen LogP contribution < -0.4 is 15.0 Å². The Kier molecular flexibility index (Phi) is 7.37. The lowest BCUT2D eigenvalue weighted by molar-refractivity contribution is 0.0975. The molecule has 0 atom stereocenters. The van der Waals surface area contributed by atoms with Crippen molar-refractivity contribution < 1.29 is 9.47 Å². The molecule has 196 valence electrons. The Morgan fingerprint density at radius 1 is 1.00 bits per heavy atom. The maximum Gasteiger partial charge on any atom is 0.219 e. The highest BCUT2D eigenvalue weighted by molar-refractivity contribution is 5.91. The first kappa shape index (κ1) is 24.4. The Bertz CT molecular complexity index is 1210. The summed E-state index contributed by atoms with van der Waals surface area (Å²) in [5.74, 6) is 0.643. The van der Waals surface area contributed by atoms with E-state index in [9.17, 15) is 0 Å². The molecular weight excluding hydrogens is 464 g/mol. The molecule has 1 N–H and O–H groups in total. The first-order valence-electron chi connectivity index (χ1n) is 13.9. The minimum atomic E-state index is 0.412.